The monoisotopic (exact) mass is 298 g/mol. The van der Waals surface area contributed by atoms with Crippen molar-refractivity contribution < 1.29 is 44.4 Å². The van der Waals surface area contributed by atoms with Gasteiger partial charge in [-0.1, -0.05) is 0 Å². The molecule has 0 aromatic rings. The summed E-state index contributed by atoms with van der Waals surface area (Å²) >= 11 is 0. The maximum absolute atomic E-state index is 10.3. The van der Waals surface area contributed by atoms with Crippen molar-refractivity contribution in [2.45, 2.75) is 36.6 Å². The topological polar surface area (TPSA) is 174 Å². The van der Waals surface area contributed by atoms with Gasteiger partial charge >= 0.3 is 37.7 Å². The van der Waals surface area contributed by atoms with E-state index in [-0.39, 0.29) is 37.7 Å². The largest absolute Gasteiger partial charge is 2.00 e. The Morgan fingerprint density at radius 2 is 1.12 bits per heavy atom. The molecule has 1 rings (SSSR count). The van der Waals surface area contributed by atoms with Gasteiger partial charge in [0, 0.05) is 0 Å². The van der Waals surface area contributed by atoms with E-state index in [2.05, 4.69) is 4.52 Å². The fourth-order valence-corrected chi connectivity index (χ4v) is 2.02. The first-order valence-electron chi connectivity index (χ1n) is 4.26. The Morgan fingerprint density at radius 3 is 1.41 bits per heavy atom. The molecule has 0 heterocycles. The van der Waals surface area contributed by atoms with Crippen molar-refractivity contribution in [3.05, 3.63) is 0 Å². The predicted molar refractivity (Wildman–Crippen MR) is 48.3 cm³/mol. The molecule has 1 aliphatic carbocycles. The summed E-state index contributed by atoms with van der Waals surface area (Å²) in [6.45, 7) is 0. The van der Waals surface area contributed by atoms with Crippen LogP contribution < -0.4 is 9.79 Å². The third kappa shape index (κ3) is 4.34. The van der Waals surface area contributed by atoms with Crippen LogP contribution in [0.4, 0.5) is 0 Å². The molecule has 96 valence electrons. The molecule has 0 radical (unpaired) electrons. The number of aliphatic hydroxyl groups excluding tert-OH is 5. The zero-order valence-electron chi connectivity index (χ0n) is 8.49. The summed E-state index contributed by atoms with van der Waals surface area (Å²) in [5, 5.41) is 45.9. The van der Waals surface area contributed by atoms with Crippen LogP contribution in [0.1, 0.15) is 0 Å². The van der Waals surface area contributed by atoms with Gasteiger partial charge in [-0.25, -0.2) is 0 Å². The maximum Gasteiger partial charge on any atom is 2.00 e. The first-order chi connectivity index (χ1) is 7.15. The molecule has 0 saturated heterocycles. The van der Waals surface area contributed by atoms with Gasteiger partial charge in [0.2, 0.25) is 0 Å². The van der Waals surface area contributed by atoms with E-state index in [4.69, 9.17) is 15.3 Å². The van der Waals surface area contributed by atoms with Crippen molar-refractivity contribution in [1.29, 1.82) is 0 Å². The molecular formula is C6H11CaO9P. The van der Waals surface area contributed by atoms with E-state index in [1.54, 1.807) is 0 Å². The Labute approximate surface area is 126 Å². The number of hydrogen-bond donors (Lipinski definition) is 5. The van der Waals surface area contributed by atoms with Gasteiger partial charge in [-0.05, 0) is 0 Å². The minimum atomic E-state index is -5.51. The third-order valence-electron chi connectivity index (χ3n) is 2.32. The molecule has 0 amide bonds. The van der Waals surface area contributed by atoms with Crippen LogP contribution in [0.2, 0.25) is 0 Å². The first kappa shape index (κ1) is 18.2. The fourth-order valence-electron chi connectivity index (χ4n) is 1.47. The molecule has 1 saturated carbocycles. The fraction of sp³-hybridized carbons (Fsp3) is 1.00. The zero-order chi connectivity index (χ0) is 12.7. The second-order valence-corrected chi connectivity index (χ2v) is 4.58. The molecule has 2 unspecified atom stereocenters. The summed E-state index contributed by atoms with van der Waals surface area (Å²) in [5.41, 5.74) is 0. The summed E-state index contributed by atoms with van der Waals surface area (Å²) in [4.78, 5) is 20.6. The van der Waals surface area contributed by atoms with E-state index < -0.39 is 44.4 Å². The smallest absolute Gasteiger partial charge is 0.790 e. The van der Waals surface area contributed by atoms with Crippen molar-refractivity contribution in [2.24, 2.45) is 0 Å². The molecule has 6 atom stereocenters. The molecule has 1 fully saturated rings. The molecule has 0 bridgehead atoms. The van der Waals surface area contributed by atoms with Crippen molar-refractivity contribution in [2.75, 3.05) is 0 Å². The van der Waals surface area contributed by atoms with Gasteiger partial charge in [0.05, 0.1) is 7.82 Å². The SMILES string of the molecule is O=P([O-])([O-])OC1[C@@H](O)[C@H](O)C(O)[C@H](O)[C@@H]1O.[Ca+2]. The van der Waals surface area contributed by atoms with Crippen molar-refractivity contribution in [3.63, 3.8) is 0 Å². The van der Waals surface area contributed by atoms with Crippen molar-refractivity contribution >= 4 is 45.6 Å². The van der Waals surface area contributed by atoms with Crippen molar-refractivity contribution in [1.82, 2.24) is 0 Å². The number of phosphoric ester groups is 1. The number of phosphoric acid groups is 1. The quantitative estimate of drug-likeness (QED) is 0.246. The Kier molecular flexibility index (Phi) is 7.01. The van der Waals surface area contributed by atoms with Crippen LogP contribution in [-0.4, -0.2) is 99.9 Å². The van der Waals surface area contributed by atoms with Gasteiger partial charge in [-0.2, -0.15) is 0 Å². The van der Waals surface area contributed by atoms with Gasteiger partial charge in [-0.3, -0.25) is 0 Å². The molecule has 5 N–H and O–H groups in total. The number of aliphatic hydroxyl groups is 5. The van der Waals surface area contributed by atoms with E-state index in [9.17, 15) is 24.6 Å². The normalized spacial score (nSPS) is 43.0. The van der Waals surface area contributed by atoms with Crippen LogP contribution in [0.5, 0.6) is 0 Å². The van der Waals surface area contributed by atoms with Crippen LogP contribution in [0.15, 0.2) is 0 Å². The van der Waals surface area contributed by atoms with E-state index >= 15 is 0 Å². The van der Waals surface area contributed by atoms with Gasteiger partial charge in [0.1, 0.15) is 36.6 Å². The summed E-state index contributed by atoms with van der Waals surface area (Å²) in [6, 6.07) is 0. The van der Waals surface area contributed by atoms with E-state index in [1.807, 2.05) is 0 Å². The van der Waals surface area contributed by atoms with E-state index in [1.165, 1.54) is 0 Å². The van der Waals surface area contributed by atoms with Crippen molar-refractivity contribution in [3.8, 4) is 0 Å². The summed E-state index contributed by atoms with van der Waals surface area (Å²) < 4.78 is 14.1. The molecular weight excluding hydrogens is 287 g/mol. The van der Waals surface area contributed by atoms with Crippen LogP contribution in [0.25, 0.3) is 0 Å². The Balaban J connectivity index is 0.00000256. The van der Waals surface area contributed by atoms with Crippen LogP contribution in [-0.2, 0) is 9.09 Å². The molecule has 0 aliphatic heterocycles. The minimum Gasteiger partial charge on any atom is -0.790 e. The molecule has 11 heteroatoms. The summed E-state index contributed by atoms with van der Waals surface area (Å²) in [5.74, 6) is 0. The third-order valence-corrected chi connectivity index (χ3v) is 2.83. The standard InChI is InChI=1S/C6H13O9P.Ca/c7-1-2(8)4(10)6(5(11)3(1)9)15-16(12,13)14;/h1-11H,(H2,12,13,14);/q;+2/p-2/t1?,2-,3+,4-,5-,6?;/m0./s1. The minimum absolute atomic E-state index is 0. The number of rotatable bonds is 2. The second kappa shape index (κ2) is 6.55. The summed E-state index contributed by atoms with van der Waals surface area (Å²) in [6.07, 6.45) is -11.8. The Bertz CT molecular complexity index is 279. The van der Waals surface area contributed by atoms with Gasteiger partial charge in [0.15, 0.2) is 0 Å². The maximum atomic E-state index is 10.3. The van der Waals surface area contributed by atoms with Gasteiger partial charge < -0.3 is 44.4 Å². The second-order valence-electron chi connectivity index (χ2n) is 3.47. The molecule has 17 heavy (non-hydrogen) atoms. The average Bonchev–Trinajstić information content (AvgIpc) is 2.17. The van der Waals surface area contributed by atoms with E-state index in [0.717, 1.165) is 0 Å². The van der Waals surface area contributed by atoms with E-state index in [0.29, 0.717) is 0 Å². The molecule has 0 aromatic heterocycles. The van der Waals surface area contributed by atoms with Crippen LogP contribution >= 0.6 is 7.82 Å². The molecule has 1 aliphatic rings. The average molecular weight is 298 g/mol. The molecule has 0 aromatic carbocycles. The Hall–Kier alpha value is 1.17. The molecule has 0 spiro atoms. The first-order valence-corrected chi connectivity index (χ1v) is 5.72. The summed E-state index contributed by atoms with van der Waals surface area (Å²) in [7, 11) is -5.51. The van der Waals surface area contributed by atoms with Crippen LogP contribution in [0.3, 0.4) is 0 Å². The van der Waals surface area contributed by atoms with Gasteiger partial charge in [0.25, 0.3) is 0 Å². The van der Waals surface area contributed by atoms with Crippen LogP contribution in [0, 0.1) is 0 Å². The molecule has 9 nitrogen and oxygen atoms in total. The van der Waals surface area contributed by atoms with Gasteiger partial charge in [-0.15, -0.1) is 0 Å². The zero-order valence-corrected chi connectivity index (χ0v) is 11.6. The predicted octanol–water partition coefficient (Wildman–Crippen LogP) is -5.36. The number of hydrogen-bond acceptors (Lipinski definition) is 9. The Morgan fingerprint density at radius 1 is 0.824 bits per heavy atom.